The van der Waals surface area contributed by atoms with Crippen LogP contribution in [0.5, 0.6) is 5.88 Å². The van der Waals surface area contributed by atoms with Gasteiger partial charge >= 0.3 is 0 Å². The maximum atomic E-state index is 6.44. The third-order valence-corrected chi connectivity index (χ3v) is 5.89. The van der Waals surface area contributed by atoms with E-state index < -0.39 is 0 Å². The number of morpholine rings is 1. The van der Waals surface area contributed by atoms with E-state index in [9.17, 15) is 0 Å². The molecule has 1 saturated carbocycles. The van der Waals surface area contributed by atoms with E-state index in [-0.39, 0.29) is 12.2 Å². The molecule has 3 aromatic rings. The van der Waals surface area contributed by atoms with E-state index in [1.807, 2.05) is 18.3 Å². The number of hydrogen-bond acceptors (Lipinski definition) is 7. The van der Waals surface area contributed by atoms with Gasteiger partial charge in [0.05, 0.1) is 23.6 Å². The molecule has 8 nitrogen and oxygen atoms in total. The molecule has 5 rings (SSSR count). The summed E-state index contributed by atoms with van der Waals surface area (Å²) in [6.07, 6.45) is 7.79. The molecular formula is C21H26N6O2. The van der Waals surface area contributed by atoms with Crippen LogP contribution in [0.25, 0.3) is 10.9 Å². The number of aromatic nitrogens is 5. The van der Waals surface area contributed by atoms with Crippen molar-refractivity contribution in [2.75, 3.05) is 24.6 Å². The largest absolute Gasteiger partial charge is 0.474 e. The smallest absolute Gasteiger partial charge is 0.225 e. The zero-order valence-corrected chi connectivity index (χ0v) is 16.6. The Bertz CT molecular complexity index is 955. The number of anilines is 1. The fourth-order valence-electron chi connectivity index (χ4n) is 4.33. The van der Waals surface area contributed by atoms with Crippen molar-refractivity contribution in [3.63, 3.8) is 0 Å². The summed E-state index contributed by atoms with van der Waals surface area (Å²) in [6, 6.07) is 6.03. The van der Waals surface area contributed by atoms with Gasteiger partial charge in [-0.15, -0.1) is 0 Å². The van der Waals surface area contributed by atoms with E-state index in [4.69, 9.17) is 14.5 Å². The van der Waals surface area contributed by atoms with Crippen molar-refractivity contribution in [1.29, 1.82) is 0 Å². The summed E-state index contributed by atoms with van der Waals surface area (Å²) in [6.45, 7) is 4.46. The number of ether oxygens (including phenoxy) is 2. The van der Waals surface area contributed by atoms with Crippen LogP contribution in [0.1, 0.15) is 44.3 Å². The average molecular weight is 394 g/mol. The van der Waals surface area contributed by atoms with Crippen LogP contribution >= 0.6 is 0 Å². The van der Waals surface area contributed by atoms with Crippen LogP contribution in [0, 0.1) is 0 Å². The molecule has 0 spiro atoms. The lowest BCUT2D eigenvalue weighted by Crippen LogP contribution is -2.41. The van der Waals surface area contributed by atoms with Crippen molar-refractivity contribution in [2.45, 2.75) is 50.7 Å². The Labute approximate surface area is 169 Å². The number of nitrogens with one attached hydrogen (secondary N) is 1. The monoisotopic (exact) mass is 394 g/mol. The Balaban J connectivity index is 1.36. The number of rotatable bonds is 4. The van der Waals surface area contributed by atoms with Gasteiger partial charge in [-0.3, -0.25) is 10.1 Å². The van der Waals surface area contributed by atoms with E-state index in [2.05, 4.69) is 38.1 Å². The molecule has 29 heavy (non-hydrogen) atoms. The van der Waals surface area contributed by atoms with Crippen LogP contribution in [0.2, 0.25) is 0 Å². The number of H-pyrrole nitrogens is 1. The normalized spacial score (nSPS) is 25.3. The molecule has 2 fully saturated rings. The lowest BCUT2D eigenvalue weighted by molar-refractivity contribution is 0.0528. The highest BCUT2D eigenvalue weighted by Gasteiger charge is 2.27. The maximum absolute atomic E-state index is 6.44. The third-order valence-electron chi connectivity index (χ3n) is 5.89. The highest BCUT2D eigenvalue weighted by molar-refractivity contribution is 5.85. The molecule has 152 valence electrons. The van der Waals surface area contributed by atoms with Crippen molar-refractivity contribution in [3.8, 4) is 5.88 Å². The predicted molar refractivity (Wildman–Crippen MR) is 109 cm³/mol. The van der Waals surface area contributed by atoms with Gasteiger partial charge in [0.15, 0.2) is 0 Å². The molecule has 2 aliphatic rings. The second-order valence-corrected chi connectivity index (χ2v) is 7.95. The van der Waals surface area contributed by atoms with E-state index in [0.717, 1.165) is 61.3 Å². The second kappa shape index (κ2) is 7.94. The molecule has 0 unspecified atom stereocenters. The van der Waals surface area contributed by atoms with Crippen LogP contribution in [0.4, 0.5) is 5.82 Å². The summed E-state index contributed by atoms with van der Waals surface area (Å²) in [5.41, 5.74) is 0.919. The summed E-state index contributed by atoms with van der Waals surface area (Å²) >= 11 is 0. The lowest BCUT2D eigenvalue weighted by Gasteiger charge is -2.33. The molecule has 1 aliphatic heterocycles. The van der Waals surface area contributed by atoms with Crippen molar-refractivity contribution in [2.24, 2.45) is 0 Å². The summed E-state index contributed by atoms with van der Waals surface area (Å²) in [5, 5.41) is 7.95. The zero-order valence-electron chi connectivity index (χ0n) is 16.6. The van der Waals surface area contributed by atoms with Gasteiger partial charge in [-0.25, -0.2) is 4.98 Å². The van der Waals surface area contributed by atoms with Gasteiger partial charge in [0.2, 0.25) is 5.88 Å². The van der Waals surface area contributed by atoms with Gasteiger partial charge in [-0.1, -0.05) is 0 Å². The minimum Gasteiger partial charge on any atom is -0.474 e. The Morgan fingerprint density at radius 1 is 1.21 bits per heavy atom. The fourth-order valence-corrected chi connectivity index (χ4v) is 4.33. The van der Waals surface area contributed by atoms with Crippen molar-refractivity contribution < 1.29 is 9.47 Å². The Kier molecular flexibility index (Phi) is 5.01. The fraction of sp³-hybridized carbons (Fsp3) is 0.524. The van der Waals surface area contributed by atoms with Gasteiger partial charge < -0.3 is 14.4 Å². The van der Waals surface area contributed by atoms with Crippen LogP contribution in [-0.4, -0.2) is 57.1 Å². The SMILES string of the molecule is C[C@H]1CN(c2cc3ncccc3c(OC3CCC(c4ncn[nH]4)CC3)n2)CCO1. The van der Waals surface area contributed by atoms with Crippen molar-refractivity contribution in [3.05, 3.63) is 36.5 Å². The molecule has 1 N–H and O–H groups in total. The minimum absolute atomic E-state index is 0.156. The molecule has 0 aromatic carbocycles. The maximum Gasteiger partial charge on any atom is 0.225 e. The lowest BCUT2D eigenvalue weighted by atomic mass is 9.87. The van der Waals surface area contributed by atoms with Gasteiger partial charge in [0.1, 0.15) is 24.1 Å². The van der Waals surface area contributed by atoms with Gasteiger partial charge in [0, 0.05) is 31.3 Å². The average Bonchev–Trinajstić information content (AvgIpc) is 3.29. The number of fused-ring (bicyclic) bond motifs is 1. The molecule has 1 saturated heterocycles. The Hall–Kier alpha value is -2.74. The van der Waals surface area contributed by atoms with Gasteiger partial charge in [-0.05, 0) is 44.7 Å². The molecule has 1 aliphatic carbocycles. The summed E-state index contributed by atoms with van der Waals surface area (Å²) in [4.78, 5) is 16.0. The molecule has 4 heterocycles. The number of pyridine rings is 2. The van der Waals surface area contributed by atoms with Crippen molar-refractivity contribution >= 4 is 16.7 Å². The van der Waals surface area contributed by atoms with Gasteiger partial charge in [0.25, 0.3) is 0 Å². The molecule has 8 heteroatoms. The highest BCUT2D eigenvalue weighted by Crippen LogP contribution is 2.35. The van der Waals surface area contributed by atoms with Gasteiger partial charge in [-0.2, -0.15) is 10.1 Å². The third kappa shape index (κ3) is 3.89. The quantitative estimate of drug-likeness (QED) is 0.727. The van der Waals surface area contributed by atoms with Crippen LogP contribution < -0.4 is 9.64 Å². The van der Waals surface area contributed by atoms with E-state index >= 15 is 0 Å². The number of hydrogen-bond donors (Lipinski definition) is 1. The molecular weight excluding hydrogens is 368 g/mol. The summed E-state index contributed by atoms with van der Waals surface area (Å²) in [7, 11) is 0. The Morgan fingerprint density at radius 3 is 2.90 bits per heavy atom. The predicted octanol–water partition coefficient (Wildman–Crippen LogP) is 3.08. The second-order valence-electron chi connectivity index (χ2n) is 7.95. The number of aromatic amines is 1. The van der Waals surface area contributed by atoms with Crippen LogP contribution in [0.3, 0.4) is 0 Å². The van der Waals surface area contributed by atoms with E-state index in [0.29, 0.717) is 18.4 Å². The molecule has 0 amide bonds. The molecule has 0 radical (unpaired) electrons. The molecule has 3 aromatic heterocycles. The van der Waals surface area contributed by atoms with Crippen LogP contribution in [-0.2, 0) is 4.74 Å². The Morgan fingerprint density at radius 2 is 2.10 bits per heavy atom. The summed E-state index contributed by atoms with van der Waals surface area (Å²) < 4.78 is 12.1. The first kappa shape index (κ1) is 18.3. The highest BCUT2D eigenvalue weighted by atomic mass is 16.5. The van der Waals surface area contributed by atoms with Crippen LogP contribution in [0.15, 0.2) is 30.7 Å². The van der Waals surface area contributed by atoms with E-state index in [1.54, 1.807) is 6.33 Å². The van der Waals surface area contributed by atoms with Crippen molar-refractivity contribution in [1.82, 2.24) is 25.1 Å². The number of nitrogens with zero attached hydrogens (tertiary/aromatic N) is 5. The minimum atomic E-state index is 0.156. The first-order valence-electron chi connectivity index (χ1n) is 10.4. The first-order valence-corrected chi connectivity index (χ1v) is 10.4. The first-order chi connectivity index (χ1) is 14.3. The zero-order chi connectivity index (χ0) is 19.6. The standard InChI is InChI=1S/C21H26N6O2/c1-14-12-27(9-10-28-14)19-11-18-17(3-2-8-22-18)21(25-19)29-16-6-4-15(5-7-16)20-23-13-24-26-20/h2-3,8,11,13-16H,4-7,9-10,12H2,1H3,(H,23,24,26)/t14-,15?,16?/m0/s1. The molecule has 0 bridgehead atoms. The topological polar surface area (TPSA) is 89.1 Å². The van der Waals surface area contributed by atoms with E-state index in [1.165, 1.54) is 0 Å². The summed E-state index contributed by atoms with van der Waals surface area (Å²) in [5.74, 6) is 3.02. The molecule has 1 atom stereocenters.